The van der Waals surface area contributed by atoms with Crippen LogP contribution in [-0.2, 0) is 6.54 Å². The van der Waals surface area contributed by atoms with E-state index in [9.17, 15) is 4.79 Å². The molecule has 2 N–H and O–H groups in total. The molecule has 21 heavy (non-hydrogen) atoms. The van der Waals surface area contributed by atoms with Crippen LogP contribution in [0.25, 0.3) is 6.08 Å². The van der Waals surface area contributed by atoms with Crippen LogP contribution in [0.1, 0.15) is 16.7 Å². The molecule has 0 saturated carbocycles. The number of rotatable bonds is 4. The maximum Gasteiger partial charge on any atom is 0.319 e. The summed E-state index contributed by atoms with van der Waals surface area (Å²) < 4.78 is 0. The maximum atomic E-state index is 11.7. The van der Waals surface area contributed by atoms with Gasteiger partial charge in [0.05, 0.1) is 0 Å². The number of halogens is 1. The first-order valence-corrected chi connectivity index (χ1v) is 7.04. The number of nitrogens with one attached hydrogen (secondary N) is 2. The second-order valence-electron chi connectivity index (χ2n) is 4.67. The molecule has 2 rings (SSSR count). The maximum absolute atomic E-state index is 11.7. The van der Waals surface area contributed by atoms with Gasteiger partial charge in [-0.3, -0.25) is 0 Å². The SMILES string of the molecule is Cc1cccc(CNC(=O)N/C=C/c2ccccc2Cl)c1. The Balaban J connectivity index is 1.81. The number of carbonyl (C=O) groups is 1. The largest absolute Gasteiger partial charge is 0.334 e. The zero-order valence-corrected chi connectivity index (χ0v) is 12.5. The van der Waals surface area contributed by atoms with Gasteiger partial charge < -0.3 is 10.6 Å². The summed E-state index contributed by atoms with van der Waals surface area (Å²) >= 11 is 6.02. The van der Waals surface area contributed by atoms with E-state index in [1.165, 1.54) is 5.56 Å². The third-order valence-corrected chi connectivity index (χ3v) is 3.26. The van der Waals surface area contributed by atoms with Crippen LogP contribution in [0.15, 0.2) is 54.7 Å². The molecule has 2 amide bonds. The van der Waals surface area contributed by atoms with Gasteiger partial charge in [-0.05, 0) is 30.2 Å². The third-order valence-electron chi connectivity index (χ3n) is 2.92. The van der Waals surface area contributed by atoms with Crippen LogP contribution >= 0.6 is 11.6 Å². The summed E-state index contributed by atoms with van der Waals surface area (Å²) in [6.45, 7) is 2.52. The summed E-state index contributed by atoms with van der Waals surface area (Å²) in [4.78, 5) is 11.7. The number of carbonyl (C=O) groups excluding carboxylic acids is 1. The first-order chi connectivity index (χ1) is 10.1. The van der Waals surface area contributed by atoms with Crippen LogP contribution in [0.2, 0.25) is 5.02 Å². The number of aryl methyl sites for hydroxylation is 1. The van der Waals surface area contributed by atoms with Crippen molar-refractivity contribution in [1.82, 2.24) is 10.6 Å². The van der Waals surface area contributed by atoms with Gasteiger partial charge in [-0.2, -0.15) is 0 Å². The van der Waals surface area contributed by atoms with Gasteiger partial charge in [-0.1, -0.05) is 59.6 Å². The molecule has 0 heterocycles. The average molecular weight is 301 g/mol. The van der Waals surface area contributed by atoms with Gasteiger partial charge >= 0.3 is 6.03 Å². The molecule has 2 aromatic rings. The summed E-state index contributed by atoms with van der Waals surface area (Å²) in [5.41, 5.74) is 3.10. The fraction of sp³-hybridized carbons (Fsp3) is 0.118. The molecule has 108 valence electrons. The Labute approximate surface area is 129 Å². The van der Waals surface area contributed by atoms with Gasteiger partial charge in [-0.25, -0.2) is 4.79 Å². The number of hydrogen-bond acceptors (Lipinski definition) is 1. The van der Waals surface area contributed by atoms with Crippen molar-refractivity contribution in [2.24, 2.45) is 0 Å². The van der Waals surface area contributed by atoms with Gasteiger partial charge in [0.15, 0.2) is 0 Å². The predicted octanol–water partition coefficient (Wildman–Crippen LogP) is 4.12. The number of hydrogen-bond donors (Lipinski definition) is 2. The fourth-order valence-electron chi connectivity index (χ4n) is 1.87. The fourth-order valence-corrected chi connectivity index (χ4v) is 2.07. The molecule has 0 atom stereocenters. The highest BCUT2D eigenvalue weighted by Crippen LogP contribution is 2.15. The molecule has 0 aliphatic rings. The van der Waals surface area contributed by atoms with Crippen LogP contribution in [-0.4, -0.2) is 6.03 Å². The summed E-state index contributed by atoms with van der Waals surface area (Å²) in [5.74, 6) is 0. The van der Waals surface area contributed by atoms with Gasteiger partial charge in [0.2, 0.25) is 0 Å². The Morgan fingerprint density at radius 1 is 1.19 bits per heavy atom. The molecule has 0 unspecified atom stereocenters. The molecule has 0 fully saturated rings. The monoisotopic (exact) mass is 300 g/mol. The highest BCUT2D eigenvalue weighted by atomic mass is 35.5. The van der Waals surface area contributed by atoms with E-state index in [0.717, 1.165) is 11.1 Å². The Morgan fingerprint density at radius 3 is 2.76 bits per heavy atom. The minimum atomic E-state index is -0.250. The Kier molecular flexibility index (Phi) is 5.41. The molecule has 4 heteroatoms. The van der Waals surface area contributed by atoms with E-state index in [4.69, 9.17) is 11.6 Å². The molecule has 0 bridgehead atoms. The van der Waals surface area contributed by atoms with Gasteiger partial charge in [-0.15, -0.1) is 0 Å². The van der Waals surface area contributed by atoms with E-state index in [2.05, 4.69) is 10.6 Å². The summed E-state index contributed by atoms with van der Waals surface area (Å²) in [7, 11) is 0. The van der Waals surface area contributed by atoms with Crippen LogP contribution in [0.4, 0.5) is 4.79 Å². The average Bonchev–Trinajstić information content (AvgIpc) is 2.47. The minimum absolute atomic E-state index is 0.250. The van der Waals surface area contributed by atoms with Crippen molar-refractivity contribution in [3.63, 3.8) is 0 Å². The van der Waals surface area contributed by atoms with Crippen molar-refractivity contribution in [2.45, 2.75) is 13.5 Å². The van der Waals surface area contributed by atoms with Crippen molar-refractivity contribution in [3.8, 4) is 0 Å². The summed E-state index contributed by atoms with van der Waals surface area (Å²) in [6, 6.07) is 15.2. The van der Waals surface area contributed by atoms with Crippen LogP contribution < -0.4 is 10.6 Å². The second kappa shape index (κ2) is 7.50. The van der Waals surface area contributed by atoms with Crippen molar-refractivity contribution < 1.29 is 4.79 Å². The molecule has 0 saturated heterocycles. The van der Waals surface area contributed by atoms with Crippen molar-refractivity contribution in [2.75, 3.05) is 0 Å². The number of amides is 2. The molecule has 0 aliphatic heterocycles. The van der Waals surface area contributed by atoms with Crippen molar-refractivity contribution in [1.29, 1.82) is 0 Å². The zero-order valence-electron chi connectivity index (χ0n) is 11.8. The molecule has 0 aromatic heterocycles. The minimum Gasteiger partial charge on any atom is -0.334 e. The molecule has 0 radical (unpaired) electrons. The first kappa shape index (κ1) is 15.1. The molecular weight excluding hydrogens is 284 g/mol. The van der Waals surface area contributed by atoms with E-state index in [0.29, 0.717) is 11.6 Å². The zero-order chi connectivity index (χ0) is 15.1. The van der Waals surface area contributed by atoms with Crippen LogP contribution in [0.5, 0.6) is 0 Å². The molecule has 0 aliphatic carbocycles. The van der Waals surface area contributed by atoms with Gasteiger partial charge in [0.25, 0.3) is 0 Å². The first-order valence-electron chi connectivity index (χ1n) is 6.66. The lowest BCUT2D eigenvalue weighted by molar-refractivity contribution is 0.244. The van der Waals surface area contributed by atoms with Crippen molar-refractivity contribution in [3.05, 3.63) is 76.4 Å². The predicted molar refractivity (Wildman–Crippen MR) is 87.0 cm³/mol. The van der Waals surface area contributed by atoms with Gasteiger partial charge in [0.1, 0.15) is 0 Å². The number of urea groups is 1. The highest BCUT2D eigenvalue weighted by molar-refractivity contribution is 6.32. The molecule has 3 nitrogen and oxygen atoms in total. The smallest absolute Gasteiger partial charge is 0.319 e. The number of benzene rings is 2. The van der Waals surface area contributed by atoms with E-state index >= 15 is 0 Å². The Bertz CT molecular complexity index is 653. The second-order valence-corrected chi connectivity index (χ2v) is 5.08. The van der Waals surface area contributed by atoms with Crippen LogP contribution in [0.3, 0.4) is 0 Å². The van der Waals surface area contributed by atoms with Gasteiger partial charge in [0, 0.05) is 17.8 Å². The normalized spacial score (nSPS) is 10.6. The molecule has 2 aromatic carbocycles. The summed E-state index contributed by atoms with van der Waals surface area (Å²) in [5, 5.41) is 6.10. The van der Waals surface area contributed by atoms with Crippen molar-refractivity contribution >= 4 is 23.7 Å². The third kappa shape index (κ3) is 4.97. The standard InChI is InChI=1S/C17H17ClN2O/c1-13-5-4-6-14(11-13)12-20-17(21)19-10-9-15-7-2-3-8-16(15)18/h2-11H,12H2,1H3,(H2,19,20,21)/b10-9+. The summed E-state index contributed by atoms with van der Waals surface area (Å²) in [6.07, 6.45) is 3.33. The lowest BCUT2D eigenvalue weighted by Crippen LogP contribution is -2.31. The Hall–Kier alpha value is -2.26. The van der Waals surface area contributed by atoms with E-state index in [-0.39, 0.29) is 6.03 Å². The Morgan fingerprint density at radius 2 is 2.00 bits per heavy atom. The lowest BCUT2D eigenvalue weighted by Gasteiger charge is -2.05. The topological polar surface area (TPSA) is 41.1 Å². The van der Waals surface area contributed by atoms with Crippen LogP contribution in [0, 0.1) is 6.92 Å². The van der Waals surface area contributed by atoms with E-state index in [1.807, 2.05) is 49.4 Å². The van der Waals surface area contributed by atoms with E-state index < -0.39 is 0 Å². The molecular formula is C17H17ClN2O. The lowest BCUT2D eigenvalue weighted by atomic mass is 10.1. The molecule has 0 spiro atoms. The van der Waals surface area contributed by atoms with E-state index in [1.54, 1.807) is 18.3 Å². The highest BCUT2D eigenvalue weighted by Gasteiger charge is 1.98. The quantitative estimate of drug-likeness (QED) is 0.876.